The summed E-state index contributed by atoms with van der Waals surface area (Å²) < 4.78 is 0. The molecule has 0 aliphatic heterocycles. The number of nitrogens with zero attached hydrogens (tertiary/aromatic N) is 2. The van der Waals surface area contributed by atoms with Crippen molar-refractivity contribution < 1.29 is 5.11 Å². The smallest absolute Gasteiger partial charge is 0.144 e. The zero-order valence-electron chi connectivity index (χ0n) is 5.07. The Morgan fingerprint density at radius 1 is 1.50 bits per heavy atom. The van der Waals surface area contributed by atoms with Crippen LogP contribution in [0.1, 0.15) is 0 Å². The van der Waals surface area contributed by atoms with Gasteiger partial charge in [-0.25, -0.2) is 9.97 Å². The molecule has 0 atom stereocenters. The van der Waals surface area contributed by atoms with Crippen LogP contribution >= 0.6 is 0 Å². The normalized spacial score (nSPS) is 10.4. The minimum Gasteiger partial charge on any atom is -0.506 e. The van der Waals surface area contributed by atoms with E-state index in [1.807, 2.05) is 0 Å². The Balaban J connectivity index is 2.93. The molecule has 0 radical (unpaired) electrons. The van der Waals surface area contributed by atoms with Crippen LogP contribution in [0.4, 0.5) is 0 Å². The minimum absolute atomic E-state index is 0.190. The quantitative estimate of drug-likeness (QED) is 0.557. The third-order valence-corrected chi connectivity index (χ3v) is 1.33. The van der Waals surface area contributed by atoms with E-state index in [2.05, 4.69) is 15.0 Å². The van der Waals surface area contributed by atoms with Crippen molar-refractivity contribution >= 4 is 11.0 Å². The highest BCUT2D eigenvalue weighted by Crippen LogP contribution is 2.19. The zero-order chi connectivity index (χ0) is 6.97. The molecule has 2 N–H and O–H groups in total. The Bertz CT molecular complexity index is 355. The first-order valence-electron chi connectivity index (χ1n) is 2.84. The van der Waals surface area contributed by atoms with Crippen molar-refractivity contribution in [1.29, 1.82) is 0 Å². The van der Waals surface area contributed by atoms with Crippen molar-refractivity contribution in [3.8, 4) is 5.75 Å². The lowest BCUT2D eigenvalue weighted by Crippen LogP contribution is -1.75. The number of aromatic hydroxyl groups is 1. The number of H-pyrrole nitrogens is 1. The Morgan fingerprint density at radius 2 is 2.40 bits per heavy atom. The molecule has 4 nitrogen and oxygen atoms in total. The van der Waals surface area contributed by atoms with Crippen molar-refractivity contribution in [3.63, 3.8) is 0 Å². The molecule has 0 bridgehead atoms. The molecule has 50 valence electrons. The predicted octanol–water partition coefficient (Wildman–Crippen LogP) is 0.663. The molecule has 0 aliphatic carbocycles. The Hall–Kier alpha value is -1.58. The van der Waals surface area contributed by atoms with Gasteiger partial charge in [-0.2, -0.15) is 0 Å². The third-order valence-electron chi connectivity index (χ3n) is 1.33. The molecule has 2 rings (SSSR count). The summed E-state index contributed by atoms with van der Waals surface area (Å²) in [6, 6.07) is 0. The minimum atomic E-state index is 0.190. The van der Waals surface area contributed by atoms with Crippen LogP contribution in [0.25, 0.3) is 11.0 Å². The summed E-state index contributed by atoms with van der Waals surface area (Å²) >= 11 is 0. The van der Waals surface area contributed by atoms with Crippen LogP contribution in [-0.2, 0) is 0 Å². The molecule has 2 aromatic rings. The summed E-state index contributed by atoms with van der Waals surface area (Å²) in [5, 5.41) is 9.76. The van der Waals surface area contributed by atoms with Gasteiger partial charge in [0.2, 0.25) is 0 Å². The second kappa shape index (κ2) is 1.70. The second-order valence-electron chi connectivity index (χ2n) is 1.96. The molecule has 0 amide bonds. The molecule has 2 heterocycles. The van der Waals surface area contributed by atoms with E-state index in [9.17, 15) is 0 Å². The molecule has 0 unspecified atom stereocenters. The molecule has 0 saturated carbocycles. The van der Waals surface area contributed by atoms with Crippen molar-refractivity contribution in [2.45, 2.75) is 0 Å². The van der Waals surface area contributed by atoms with Gasteiger partial charge in [-0.15, -0.1) is 0 Å². The van der Waals surface area contributed by atoms with Crippen LogP contribution in [0, 0.1) is 0 Å². The number of fused-ring (bicyclic) bond motifs is 1. The Kier molecular flexibility index (Phi) is 0.887. The van der Waals surface area contributed by atoms with E-state index >= 15 is 0 Å². The number of rotatable bonds is 0. The number of aromatic nitrogens is 3. The van der Waals surface area contributed by atoms with Gasteiger partial charge in [0.05, 0.1) is 5.39 Å². The summed E-state index contributed by atoms with van der Waals surface area (Å²) in [6.07, 6.45) is 4.48. The predicted molar refractivity (Wildman–Crippen MR) is 35.6 cm³/mol. The summed E-state index contributed by atoms with van der Waals surface area (Å²) in [6.45, 7) is 0. The summed E-state index contributed by atoms with van der Waals surface area (Å²) in [5.74, 6) is 0.190. The molecular weight excluding hydrogens is 130 g/mol. The highest BCUT2D eigenvalue weighted by Gasteiger charge is 1.99. The van der Waals surface area contributed by atoms with E-state index in [0.29, 0.717) is 11.0 Å². The van der Waals surface area contributed by atoms with Gasteiger partial charge in [0.15, 0.2) is 0 Å². The van der Waals surface area contributed by atoms with Gasteiger partial charge in [-0.05, 0) is 0 Å². The van der Waals surface area contributed by atoms with Crippen molar-refractivity contribution in [1.82, 2.24) is 15.0 Å². The Labute approximate surface area is 56.6 Å². The standard InChI is InChI=1S/C6H5N3O/c10-5-2-8-6-4(5)1-7-3-9-6/h1-3,10H,(H,7,8,9). The monoisotopic (exact) mass is 135 g/mol. The topological polar surface area (TPSA) is 61.8 Å². The molecule has 2 aromatic heterocycles. The molecule has 0 aromatic carbocycles. The van der Waals surface area contributed by atoms with E-state index in [1.165, 1.54) is 12.5 Å². The van der Waals surface area contributed by atoms with Gasteiger partial charge in [-0.3, -0.25) is 0 Å². The molecule has 0 fully saturated rings. The molecule has 0 aliphatic rings. The van der Waals surface area contributed by atoms with E-state index in [-0.39, 0.29) is 5.75 Å². The first kappa shape index (κ1) is 5.22. The summed E-state index contributed by atoms with van der Waals surface area (Å²) in [7, 11) is 0. The first-order valence-corrected chi connectivity index (χ1v) is 2.84. The van der Waals surface area contributed by atoms with Crippen molar-refractivity contribution in [2.75, 3.05) is 0 Å². The molecule has 10 heavy (non-hydrogen) atoms. The molecule has 0 spiro atoms. The Morgan fingerprint density at radius 3 is 3.20 bits per heavy atom. The van der Waals surface area contributed by atoms with Crippen LogP contribution in [0.3, 0.4) is 0 Å². The lowest BCUT2D eigenvalue weighted by atomic mass is 10.4. The number of aromatic amines is 1. The van der Waals surface area contributed by atoms with Gasteiger partial charge < -0.3 is 10.1 Å². The van der Waals surface area contributed by atoms with Crippen LogP contribution in [0.2, 0.25) is 0 Å². The maximum absolute atomic E-state index is 9.10. The van der Waals surface area contributed by atoms with E-state index in [1.54, 1.807) is 6.20 Å². The SMILES string of the molecule is Oc1c[nH]c2ncncc12. The van der Waals surface area contributed by atoms with Crippen molar-refractivity contribution in [3.05, 3.63) is 18.7 Å². The van der Waals surface area contributed by atoms with Crippen LogP contribution in [0.5, 0.6) is 5.75 Å². The average molecular weight is 135 g/mol. The van der Waals surface area contributed by atoms with E-state index in [0.717, 1.165) is 0 Å². The number of hydrogen-bond donors (Lipinski definition) is 2. The summed E-state index contributed by atoms with van der Waals surface area (Å²) in [5.41, 5.74) is 0.660. The van der Waals surface area contributed by atoms with Gasteiger partial charge in [0.1, 0.15) is 17.7 Å². The van der Waals surface area contributed by atoms with Crippen LogP contribution < -0.4 is 0 Å². The number of hydrogen-bond acceptors (Lipinski definition) is 3. The van der Waals surface area contributed by atoms with Gasteiger partial charge in [0.25, 0.3) is 0 Å². The van der Waals surface area contributed by atoms with Crippen LogP contribution in [0.15, 0.2) is 18.7 Å². The highest BCUT2D eigenvalue weighted by atomic mass is 16.3. The maximum Gasteiger partial charge on any atom is 0.144 e. The van der Waals surface area contributed by atoms with E-state index in [4.69, 9.17) is 5.11 Å². The largest absolute Gasteiger partial charge is 0.506 e. The lowest BCUT2D eigenvalue weighted by molar-refractivity contribution is 0.481. The fourth-order valence-electron chi connectivity index (χ4n) is 0.847. The fraction of sp³-hybridized carbons (Fsp3) is 0. The first-order chi connectivity index (χ1) is 4.88. The fourth-order valence-corrected chi connectivity index (χ4v) is 0.847. The molecule has 0 saturated heterocycles. The second-order valence-corrected chi connectivity index (χ2v) is 1.96. The van der Waals surface area contributed by atoms with Crippen LogP contribution in [-0.4, -0.2) is 20.1 Å². The maximum atomic E-state index is 9.10. The van der Waals surface area contributed by atoms with E-state index < -0.39 is 0 Å². The van der Waals surface area contributed by atoms with Gasteiger partial charge in [0, 0.05) is 12.4 Å². The summed E-state index contributed by atoms with van der Waals surface area (Å²) in [4.78, 5) is 10.4. The van der Waals surface area contributed by atoms with Gasteiger partial charge in [-0.1, -0.05) is 0 Å². The zero-order valence-corrected chi connectivity index (χ0v) is 5.07. The molecule has 4 heteroatoms. The van der Waals surface area contributed by atoms with Crippen molar-refractivity contribution in [2.24, 2.45) is 0 Å². The molecular formula is C6H5N3O. The van der Waals surface area contributed by atoms with Gasteiger partial charge >= 0.3 is 0 Å². The lowest BCUT2D eigenvalue weighted by Gasteiger charge is -1.84. The number of nitrogens with one attached hydrogen (secondary N) is 1. The third kappa shape index (κ3) is 0.556. The average Bonchev–Trinajstić information content (AvgIpc) is 2.34. The highest BCUT2D eigenvalue weighted by molar-refractivity contribution is 5.81.